The second-order valence-corrected chi connectivity index (χ2v) is 3.59. The normalized spacial score (nSPS) is 9.67. The van der Waals surface area contributed by atoms with Crippen LogP contribution in [0.4, 0.5) is 5.69 Å². The number of methoxy groups -OCH3 is 2. The second kappa shape index (κ2) is 5.82. The van der Waals surface area contributed by atoms with Gasteiger partial charge in [0.15, 0.2) is 17.2 Å². The highest BCUT2D eigenvalue weighted by molar-refractivity contribution is 5.47. The Morgan fingerprint density at radius 2 is 1.56 bits per heavy atom. The average molecular weight is 245 g/mol. The molecule has 0 aromatic heterocycles. The van der Waals surface area contributed by atoms with Crippen LogP contribution in [0.1, 0.15) is 0 Å². The van der Waals surface area contributed by atoms with Crippen LogP contribution in [0.3, 0.4) is 0 Å². The van der Waals surface area contributed by atoms with Crippen LogP contribution in [0.2, 0.25) is 0 Å². The summed E-state index contributed by atoms with van der Waals surface area (Å²) < 4.78 is 10.3. The minimum Gasteiger partial charge on any atom is -0.493 e. The zero-order valence-corrected chi connectivity index (χ0v) is 10.3. The van der Waals surface area contributed by atoms with Gasteiger partial charge in [-0.3, -0.25) is 0 Å². The average Bonchev–Trinajstić information content (AvgIpc) is 2.45. The first-order chi connectivity index (χ1) is 8.83. The van der Waals surface area contributed by atoms with Crippen molar-refractivity contribution in [2.24, 2.45) is 0 Å². The summed E-state index contributed by atoms with van der Waals surface area (Å²) in [6, 6.07) is 15.0. The Labute approximate surface area is 106 Å². The fourth-order valence-corrected chi connectivity index (χ4v) is 1.50. The SMILES string of the molecule is COc1ccc(ONc2ccccc2)cc1OC. The summed E-state index contributed by atoms with van der Waals surface area (Å²) in [7, 11) is 3.19. The molecule has 2 aromatic carbocycles. The van der Waals surface area contributed by atoms with Gasteiger partial charge >= 0.3 is 0 Å². The van der Waals surface area contributed by atoms with Gasteiger partial charge in [-0.25, -0.2) is 5.48 Å². The largest absolute Gasteiger partial charge is 0.493 e. The summed E-state index contributed by atoms with van der Waals surface area (Å²) in [4.78, 5) is 5.45. The molecule has 0 saturated carbocycles. The van der Waals surface area contributed by atoms with Crippen molar-refractivity contribution in [3.63, 3.8) is 0 Å². The molecule has 0 spiro atoms. The van der Waals surface area contributed by atoms with Gasteiger partial charge in [0.25, 0.3) is 0 Å². The molecule has 0 unspecified atom stereocenters. The van der Waals surface area contributed by atoms with Gasteiger partial charge < -0.3 is 14.3 Å². The van der Waals surface area contributed by atoms with Gasteiger partial charge in [0, 0.05) is 6.07 Å². The smallest absolute Gasteiger partial charge is 0.164 e. The maximum Gasteiger partial charge on any atom is 0.164 e. The first-order valence-electron chi connectivity index (χ1n) is 5.53. The summed E-state index contributed by atoms with van der Waals surface area (Å²) >= 11 is 0. The number of ether oxygens (including phenoxy) is 2. The third-order valence-corrected chi connectivity index (χ3v) is 2.42. The van der Waals surface area contributed by atoms with Gasteiger partial charge in [0.2, 0.25) is 0 Å². The molecular weight excluding hydrogens is 230 g/mol. The topological polar surface area (TPSA) is 39.7 Å². The summed E-state index contributed by atoms with van der Waals surface area (Å²) in [5.41, 5.74) is 3.74. The highest BCUT2D eigenvalue weighted by Crippen LogP contribution is 2.30. The van der Waals surface area contributed by atoms with E-state index in [0.29, 0.717) is 17.2 Å². The van der Waals surface area contributed by atoms with Crippen molar-refractivity contribution >= 4 is 5.69 Å². The van der Waals surface area contributed by atoms with Crippen LogP contribution >= 0.6 is 0 Å². The van der Waals surface area contributed by atoms with Crippen LogP contribution in [0, 0.1) is 0 Å². The maximum atomic E-state index is 5.45. The van der Waals surface area contributed by atoms with Crippen LogP contribution in [0.15, 0.2) is 48.5 Å². The lowest BCUT2D eigenvalue weighted by atomic mass is 10.3. The molecule has 94 valence electrons. The highest BCUT2D eigenvalue weighted by atomic mass is 16.6. The third kappa shape index (κ3) is 2.85. The molecule has 0 aliphatic rings. The molecule has 0 bridgehead atoms. The van der Waals surface area contributed by atoms with Crippen molar-refractivity contribution in [2.75, 3.05) is 19.7 Å². The van der Waals surface area contributed by atoms with Gasteiger partial charge in [0.1, 0.15) is 0 Å². The summed E-state index contributed by atoms with van der Waals surface area (Å²) in [6.07, 6.45) is 0. The molecule has 0 aliphatic heterocycles. The van der Waals surface area contributed by atoms with Gasteiger partial charge in [-0.15, -0.1) is 0 Å². The zero-order valence-electron chi connectivity index (χ0n) is 10.3. The van der Waals surface area contributed by atoms with Crippen LogP contribution in [0.5, 0.6) is 17.2 Å². The van der Waals surface area contributed by atoms with Gasteiger partial charge in [0.05, 0.1) is 19.9 Å². The Kier molecular flexibility index (Phi) is 3.91. The van der Waals surface area contributed by atoms with E-state index in [9.17, 15) is 0 Å². The number of nitrogens with one attached hydrogen (secondary N) is 1. The van der Waals surface area contributed by atoms with Crippen molar-refractivity contribution in [1.29, 1.82) is 0 Å². The molecular formula is C14H15NO3. The number of rotatable bonds is 5. The van der Waals surface area contributed by atoms with Gasteiger partial charge in [-0.1, -0.05) is 18.2 Å². The molecule has 0 aliphatic carbocycles. The molecule has 0 saturated heterocycles. The second-order valence-electron chi connectivity index (χ2n) is 3.59. The van der Waals surface area contributed by atoms with Gasteiger partial charge in [-0.05, 0) is 24.3 Å². The van der Waals surface area contributed by atoms with Crippen molar-refractivity contribution in [3.05, 3.63) is 48.5 Å². The fraction of sp³-hybridized carbons (Fsp3) is 0.143. The minimum absolute atomic E-state index is 0.630. The van der Waals surface area contributed by atoms with E-state index in [1.807, 2.05) is 30.3 Å². The summed E-state index contributed by atoms with van der Waals surface area (Å²) in [5, 5.41) is 0. The third-order valence-electron chi connectivity index (χ3n) is 2.42. The first kappa shape index (κ1) is 12.1. The number of para-hydroxylation sites is 1. The summed E-state index contributed by atoms with van der Waals surface area (Å²) in [5.74, 6) is 1.95. The number of hydrogen-bond acceptors (Lipinski definition) is 4. The Morgan fingerprint density at radius 3 is 2.22 bits per heavy atom. The van der Waals surface area contributed by atoms with E-state index in [2.05, 4.69) is 5.48 Å². The van der Waals surface area contributed by atoms with E-state index in [4.69, 9.17) is 14.3 Å². The lowest BCUT2D eigenvalue weighted by molar-refractivity contribution is 0.348. The molecule has 4 heteroatoms. The van der Waals surface area contributed by atoms with Gasteiger partial charge in [-0.2, -0.15) is 0 Å². The Hall–Kier alpha value is -2.36. The molecule has 2 rings (SSSR count). The molecule has 18 heavy (non-hydrogen) atoms. The lowest BCUT2D eigenvalue weighted by Crippen LogP contribution is -2.04. The number of benzene rings is 2. The van der Waals surface area contributed by atoms with Crippen molar-refractivity contribution in [2.45, 2.75) is 0 Å². The standard InChI is InChI=1S/C14H15NO3/c1-16-13-9-8-12(10-14(13)17-2)18-15-11-6-4-3-5-7-11/h3-10,15H,1-2H3. The lowest BCUT2D eigenvalue weighted by Gasteiger charge is -2.11. The molecule has 2 aromatic rings. The predicted octanol–water partition coefficient (Wildman–Crippen LogP) is 3.11. The number of hydrogen-bond donors (Lipinski definition) is 1. The predicted molar refractivity (Wildman–Crippen MR) is 70.2 cm³/mol. The van der Waals surface area contributed by atoms with Crippen LogP contribution in [0.25, 0.3) is 0 Å². The highest BCUT2D eigenvalue weighted by Gasteiger charge is 2.05. The monoisotopic (exact) mass is 245 g/mol. The molecule has 0 heterocycles. The quantitative estimate of drug-likeness (QED) is 0.822. The van der Waals surface area contributed by atoms with Crippen LogP contribution in [-0.4, -0.2) is 14.2 Å². The van der Waals surface area contributed by atoms with Crippen molar-refractivity contribution in [3.8, 4) is 17.2 Å². The molecule has 0 fully saturated rings. The Morgan fingerprint density at radius 1 is 0.833 bits per heavy atom. The van der Waals surface area contributed by atoms with E-state index in [1.165, 1.54) is 0 Å². The maximum absolute atomic E-state index is 5.45. The van der Waals surface area contributed by atoms with E-state index < -0.39 is 0 Å². The zero-order chi connectivity index (χ0) is 12.8. The molecule has 4 nitrogen and oxygen atoms in total. The van der Waals surface area contributed by atoms with E-state index in [1.54, 1.807) is 32.4 Å². The fourth-order valence-electron chi connectivity index (χ4n) is 1.50. The summed E-state index contributed by atoms with van der Waals surface area (Å²) in [6.45, 7) is 0. The molecule has 0 atom stereocenters. The van der Waals surface area contributed by atoms with E-state index >= 15 is 0 Å². The van der Waals surface area contributed by atoms with Crippen molar-refractivity contribution < 1.29 is 14.3 Å². The molecule has 0 amide bonds. The van der Waals surface area contributed by atoms with E-state index in [-0.39, 0.29) is 0 Å². The molecule has 1 N–H and O–H groups in total. The number of anilines is 1. The van der Waals surface area contributed by atoms with Crippen LogP contribution in [-0.2, 0) is 0 Å². The first-order valence-corrected chi connectivity index (χ1v) is 5.53. The van der Waals surface area contributed by atoms with E-state index in [0.717, 1.165) is 5.69 Å². The van der Waals surface area contributed by atoms with Crippen LogP contribution < -0.4 is 19.8 Å². The minimum atomic E-state index is 0.630. The molecule has 0 radical (unpaired) electrons. The van der Waals surface area contributed by atoms with Crippen molar-refractivity contribution in [1.82, 2.24) is 0 Å². The Balaban J connectivity index is 2.06. The Bertz CT molecular complexity index is 500.